The van der Waals surface area contributed by atoms with Gasteiger partial charge in [-0.05, 0) is 51.6 Å². The van der Waals surface area contributed by atoms with E-state index in [1.165, 1.54) is 56.4 Å². The largest absolute Gasteiger partial charge is 0.469 e. The van der Waals surface area contributed by atoms with Gasteiger partial charge in [-0.2, -0.15) is 0 Å². The van der Waals surface area contributed by atoms with E-state index in [0.717, 1.165) is 6.42 Å². The fourth-order valence-corrected chi connectivity index (χ4v) is 3.62. The number of hydrogen-bond donors (Lipinski definition) is 2. The summed E-state index contributed by atoms with van der Waals surface area (Å²) in [6.07, 6.45) is 10.8. The molecule has 3 heteroatoms. The third-order valence-electron chi connectivity index (χ3n) is 4.59. The number of hydrogen-bond acceptors (Lipinski definition) is 3. The van der Waals surface area contributed by atoms with Gasteiger partial charge in [-0.25, -0.2) is 0 Å². The van der Waals surface area contributed by atoms with E-state index in [1.807, 2.05) is 6.26 Å². The van der Waals surface area contributed by atoms with E-state index in [4.69, 9.17) is 4.42 Å². The summed E-state index contributed by atoms with van der Waals surface area (Å²) in [5.41, 5.74) is 1.40. The Labute approximate surface area is 116 Å². The van der Waals surface area contributed by atoms with Gasteiger partial charge in [0.05, 0.1) is 6.26 Å². The van der Waals surface area contributed by atoms with Gasteiger partial charge in [-0.15, -0.1) is 0 Å². The van der Waals surface area contributed by atoms with E-state index in [9.17, 15) is 0 Å². The lowest BCUT2D eigenvalue weighted by Crippen LogP contribution is -2.41. The SMILES string of the molecule is CC(CC1CCCCN1)NC1CCCc2occc21. The van der Waals surface area contributed by atoms with E-state index >= 15 is 0 Å². The van der Waals surface area contributed by atoms with E-state index in [-0.39, 0.29) is 0 Å². The zero-order valence-electron chi connectivity index (χ0n) is 12.0. The van der Waals surface area contributed by atoms with Crippen LogP contribution in [0, 0.1) is 0 Å². The second-order valence-corrected chi connectivity index (χ2v) is 6.19. The Balaban J connectivity index is 1.54. The van der Waals surface area contributed by atoms with Gasteiger partial charge in [-0.1, -0.05) is 6.42 Å². The Morgan fingerprint density at radius 2 is 2.32 bits per heavy atom. The van der Waals surface area contributed by atoms with Gasteiger partial charge in [0.25, 0.3) is 0 Å². The molecule has 3 atom stereocenters. The van der Waals surface area contributed by atoms with Crippen molar-refractivity contribution < 1.29 is 4.42 Å². The first kappa shape index (κ1) is 13.2. The molecule has 1 aliphatic heterocycles. The number of rotatable bonds is 4. The van der Waals surface area contributed by atoms with Gasteiger partial charge in [0, 0.05) is 30.1 Å². The van der Waals surface area contributed by atoms with Crippen molar-refractivity contribution in [2.24, 2.45) is 0 Å². The van der Waals surface area contributed by atoms with E-state index < -0.39 is 0 Å². The van der Waals surface area contributed by atoms with Crippen LogP contribution >= 0.6 is 0 Å². The van der Waals surface area contributed by atoms with Crippen molar-refractivity contribution in [1.82, 2.24) is 10.6 Å². The lowest BCUT2D eigenvalue weighted by molar-refractivity contribution is 0.316. The molecule has 0 spiro atoms. The van der Waals surface area contributed by atoms with Gasteiger partial charge in [0.2, 0.25) is 0 Å². The first-order chi connectivity index (χ1) is 9.33. The van der Waals surface area contributed by atoms with Crippen LogP contribution in [0.25, 0.3) is 0 Å². The number of fused-ring (bicyclic) bond motifs is 1. The maximum Gasteiger partial charge on any atom is 0.108 e. The molecule has 106 valence electrons. The molecule has 0 radical (unpaired) electrons. The predicted octanol–water partition coefficient (Wildman–Crippen LogP) is 3.17. The zero-order chi connectivity index (χ0) is 13.1. The number of piperidine rings is 1. The third kappa shape index (κ3) is 3.21. The van der Waals surface area contributed by atoms with Crippen molar-refractivity contribution in [2.75, 3.05) is 6.54 Å². The Hall–Kier alpha value is -0.800. The van der Waals surface area contributed by atoms with Gasteiger partial charge >= 0.3 is 0 Å². The number of aryl methyl sites for hydroxylation is 1. The summed E-state index contributed by atoms with van der Waals surface area (Å²) in [6.45, 7) is 3.53. The molecule has 0 bridgehead atoms. The van der Waals surface area contributed by atoms with Gasteiger partial charge in [0.15, 0.2) is 0 Å². The van der Waals surface area contributed by atoms with Crippen molar-refractivity contribution in [3.63, 3.8) is 0 Å². The highest BCUT2D eigenvalue weighted by Gasteiger charge is 2.24. The van der Waals surface area contributed by atoms with Crippen molar-refractivity contribution in [2.45, 2.75) is 70.0 Å². The monoisotopic (exact) mass is 262 g/mol. The van der Waals surface area contributed by atoms with Crippen LogP contribution in [0.4, 0.5) is 0 Å². The highest BCUT2D eigenvalue weighted by Crippen LogP contribution is 2.31. The van der Waals surface area contributed by atoms with Crippen LogP contribution < -0.4 is 10.6 Å². The molecule has 2 heterocycles. The predicted molar refractivity (Wildman–Crippen MR) is 77.2 cm³/mol. The summed E-state index contributed by atoms with van der Waals surface area (Å²) >= 11 is 0. The minimum atomic E-state index is 0.501. The summed E-state index contributed by atoms with van der Waals surface area (Å²) in [7, 11) is 0. The summed E-state index contributed by atoms with van der Waals surface area (Å²) in [5.74, 6) is 1.20. The Kier molecular flexibility index (Phi) is 4.24. The fourth-order valence-electron chi connectivity index (χ4n) is 3.62. The maximum absolute atomic E-state index is 5.57. The highest BCUT2D eigenvalue weighted by molar-refractivity contribution is 5.24. The van der Waals surface area contributed by atoms with E-state index in [0.29, 0.717) is 18.1 Å². The molecule has 3 rings (SSSR count). The molecule has 1 saturated heterocycles. The highest BCUT2D eigenvalue weighted by atomic mass is 16.3. The molecule has 1 aromatic rings. The molecular weight excluding hydrogens is 236 g/mol. The summed E-state index contributed by atoms with van der Waals surface area (Å²) in [6, 6.07) is 3.93. The van der Waals surface area contributed by atoms with Gasteiger partial charge in [-0.3, -0.25) is 0 Å². The molecule has 1 fully saturated rings. The van der Waals surface area contributed by atoms with Crippen LogP contribution in [0.15, 0.2) is 16.7 Å². The summed E-state index contributed by atoms with van der Waals surface area (Å²) in [4.78, 5) is 0. The molecule has 1 aromatic heterocycles. The van der Waals surface area contributed by atoms with Gasteiger partial charge in [0.1, 0.15) is 5.76 Å². The van der Waals surface area contributed by atoms with Crippen molar-refractivity contribution in [1.29, 1.82) is 0 Å². The minimum absolute atomic E-state index is 0.501. The Morgan fingerprint density at radius 3 is 3.16 bits per heavy atom. The molecule has 3 nitrogen and oxygen atoms in total. The topological polar surface area (TPSA) is 37.2 Å². The molecular formula is C16H26N2O. The quantitative estimate of drug-likeness (QED) is 0.875. The van der Waals surface area contributed by atoms with E-state index in [2.05, 4.69) is 23.6 Å². The van der Waals surface area contributed by atoms with Crippen LogP contribution in [0.2, 0.25) is 0 Å². The third-order valence-corrected chi connectivity index (χ3v) is 4.59. The molecule has 1 aliphatic carbocycles. The number of nitrogens with one attached hydrogen (secondary N) is 2. The second-order valence-electron chi connectivity index (χ2n) is 6.19. The summed E-state index contributed by atoms with van der Waals surface area (Å²) in [5, 5.41) is 7.45. The normalized spacial score (nSPS) is 28.9. The molecule has 0 aromatic carbocycles. The van der Waals surface area contributed by atoms with Crippen LogP contribution in [0.3, 0.4) is 0 Å². The second kappa shape index (κ2) is 6.10. The standard InChI is InChI=1S/C16H26N2O/c1-12(11-13-5-2-3-9-17-13)18-15-6-4-7-16-14(15)8-10-19-16/h8,10,12-13,15,17-18H,2-7,9,11H2,1H3. The minimum Gasteiger partial charge on any atom is -0.469 e. The molecule has 19 heavy (non-hydrogen) atoms. The lowest BCUT2D eigenvalue weighted by Gasteiger charge is -2.30. The Morgan fingerprint density at radius 1 is 1.37 bits per heavy atom. The number of furan rings is 1. The maximum atomic E-state index is 5.57. The molecule has 2 aliphatic rings. The summed E-state index contributed by atoms with van der Waals surface area (Å²) < 4.78 is 5.57. The van der Waals surface area contributed by atoms with Crippen molar-refractivity contribution in [3.8, 4) is 0 Å². The average molecular weight is 262 g/mol. The average Bonchev–Trinajstić information content (AvgIpc) is 2.89. The van der Waals surface area contributed by atoms with Crippen LogP contribution in [-0.4, -0.2) is 18.6 Å². The first-order valence-corrected chi connectivity index (χ1v) is 7.88. The fraction of sp³-hybridized carbons (Fsp3) is 0.750. The smallest absolute Gasteiger partial charge is 0.108 e. The van der Waals surface area contributed by atoms with Crippen molar-refractivity contribution >= 4 is 0 Å². The first-order valence-electron chi connectivity index (χ1n) is 7.88. The van der Waals surface area contributed by atoms with Crippen LogP contribution in [0.1, 0.15) is 62.8 Å². The molecule has 3 unspecified atom stereocenters. The van der Waals surface area contributed by atoms with Crippen molar-refractivity contribution in [3.05, 3.63) is 23.7 Å². The van der Waals surface area contributed by atoms with Crippen LogP contribution in [0.5, 0.6) is 0 Å². The van der Waals surface area contributed by atoms with E-state index in [1.54, 1.807) is 0 Å². The zero-order valence-corrected chi connectivity index (χ0v) is 12.0. The van der Waals surface area contributed by atoms with Crippen LogP contribution in [-0.2, 0) is 6.42 Å². The Bertz CT molecular complexity index is 395. The molecule has 0 saturated carbocycles. The molecule has 2 N–H and O–H groups in total. The van der Waals surface area contributed by atoms with Gasteiger partial charge < -0.3 is 15.1 Å². The molecule has 0 amide bonds. The lowest BCUT2D eigenvalue weighted by atomic mass is 9.92.